The Bertz CT molecular complexity index is 834. The van der Waals surface area contributed by atoms with Crippen LogP contribution in [0.4, 0.5) is 5.69 Å². The monoisotopic (exact) mass is 348 g/mol. The minimum atomic E-state index is -3.34. The lowest BCUT2D eigenvalue weighted by molar-refractivity contribution is 0.0939. The highest BCUT2D eigenvalue weighted by Crippen LogP contribution is 2.19. The number of nitrogens with one attached hydrogen (secondary N) is 2. The highest BCUT2D eigenvalue weighted by Gasteiger charge is 2.13. The number of rotatable bonds is 6. The molecule has 2 rings (SSSR count). The van der Waals surface area contributed by atoms with Crippen LogP contribution in [-0.4, -0.2) is 27.7 Å². The van der Waals surface area contributed by atoms with Gasteiger partial charge in [0, 0.05) is 11.3 Å². The van der Waals surface area contributed by atoms with E-state index < -0.39 is 10.0 Å². The summed E-state index contributed by atoms with van der Waals surface area (Å²) >= 11 is 0. The first-order valence-electron chi connectivity index (χ1n) is 7.31. The SMILES string of the molecule is COc1cccc(C(=O)N[C@H](C)c2cccc(NS(C)(=O)=O)c2)c1. The molecule has 0 aromatic heterocycles. The van der Waals surface area contributed by atoms with Crippen molar-refractivity contribution in [2.45, 2.75) is 13.0 Å². The molecule has 2 aromatic carbocycles. The van der Waals surface area contributed by atoms with Crippen LogP contribution in [0.15, 0.2) is 48.5 Å². The van der Waals surface area contributed by atoms with Gasteiger partial charge in [0.15, 0.2) is 0 Å². The lowest BCUT2D eigenvalue weighted by atomic mass is 10.1. The molecule has 0 aliphatic carbocycles. The van der Waals surface area contributed by atoms with Gasteiger partial charge in [0.05, 0.1) is 19.4 Å². The molecule has 24 heavy (non-hydrogen) atoms. The van der Waals surface area contributed by atoms with Crippen molar-refractivity contribution in [3.63, 3.8) is 0 Å². The van der Waals surface area contributed by atoms with E-state index in [-0.39, 0.29) is 11.9 Å². The Morgan fingerprint density at radius 3 is 2.50 bits per heavy atom. The van der Waals surface area contributed by atoms with Crippen LogP contribution in [0.1, 0.15) is 28.9 Å². The van der Waals surface area contributed by atoms with Gasteiger partial charge in [-0.25, -0.2) is 8.42 Å². The zero-order chi connectivity index (χ0) is 17.7. The summed E-state index contributed by atoms with van der Waals surface area (Å²) in [6.07, 6.45) is 1.09. The van der Waals surface area contributed by atoms with Crippen molar-refractivity contribution in [3.8, 4) is 5.75 Å². The topological polar surface area (TPSA) is 84.5 Å². The number of carbonyl (C=O) groups is 1. The molecule has 1 amide bonds. The summed E-state index contributed by atoms with van der Waals surface area (Å²) in [4.78, 5) is 12.3. The van der Waals surface area contributed by atoms with Crippen LogP contribution < -0.4 is 14.8 Å². The van der Waals surface area contributed by atoms with Crippen molar-refractivity contribution in [1.82, 2.24) is 5.32 Å². The number of methoxy groups -OCH3 is 1. The average molecular weight is 348 g/mol. The number of benzene rings is 2. The minimum Gasteiger partial charge on any atom is -0.497 e. The summed E-state index contributed by atoms with van der Waals surface area (Å²) in [6, 6.07) is 13.5. The van der Waals surface area contributed by atoms with Crippen molar-refractivity contribution in [2.24, 2.45) is 0 Å². The number of sulfonamides is 1. The van der Waals surface area contributed by atoms with Gasteiger partial charge in [-0.15, -0.1) is 0 Å². The number of hydrogen-bond acceptors (Lipinski definition) is 4. The molecule has 0 aliphatic heterocycles. The lowest BCUT2D eigenvalue weighted by Crippen LogP contribution is -2.26. The third-order valence-electron chi connectivity index (χ3n) is 3.37. The fourth-order valence-electron chi connectivity index (χ4n) is 2.21. The van der Waals surface area contributed by atoms with E-state index in [1.807, 2.05) is 13.0 Å². The smallest absolute Gasteiger partial charge is 0.251 e. The van der Waals surface area contributed by atoms with E-state index in [0.717, 1.165) is 11.8 Å². The normalized spacial score (nSPS) is 12.3. The van der Waals surface area contributed by atoms with Gasteiger partial charge < -0.3 is 10.1 Å². The number of ether oxygens (including phenoxy) is 1. The molecule has 0 bridgehead atoms. The van der Waals surface area contributed by atoms with Crippen molar-refractivity contribution in [2.75, 3.05) is 18.1 Å². The fraction of sp³-hybridized carbons (Fsp3) is 0.235. The molecule has 0 radical (unpaired) electrons. The molecule has 2 aromatic rings. The Morgan fingerprint density at radius 1 is 1.12 bits per heavy atom. The van der Waals surface area contributed by atoms with Gasteiger partial charge in [-0.05, 0) is 42.8 Å². The molecule has 0 saturated heterocycles. The summed E-state index contributed by atoms with van der Waals surface area (Å²) in [5.41, 5.74) is 1.74. The van der Waals surface area contributed by atoms with Crippen LogP contribution in [0.3, 0.4) is 0 Å². The minimum absolute atomic E-state index is 0.233. The summed E-state index contributed by atoms with van der Waals surface area (Å²) in [5, 5.41) is 2.88. The number of anilines is 1. The molecule has 0 saturated carbocycles. The molecule has 0 heterocycles. The Labute approximate surface area is 141 Å². The molecule has 1 atom stereocenters. The van der Waals surface area contributed by atoms with E-state index in [9.17, 15) is 13.2 Å². The average Bonchev–Trinajstić information content (AvgIpc) is 2.53. The quantitative estimate of drug-likeness (QED) is 0.840. The molecule has 128 valence electrons. The van der Waals surface area contributed by atoms with Gasteiger partial charge in [-0.3, -0.25) is 9.52 Å². The summed E-state index contributed by atoms with van der Waals surface area (Å²) in [5.74, 6) is 0.373. The Morgan fingerprint density at radius 2 is 1.83 bits per heavy atom. The molecule has 7 heteroatoms. The Hall–Kier alpha value is -2.54. The van der Waals surface area contributed by atoms with Crippen LogP contribution in [0.25, 0.3) is 0 Å². The Kier molecular flexibility index (Phi) is 5.46. The lowest BCUT2D eigenvalue weighted by Gasteiger charge is -2.16. The van der Waals surface area contributed by atoms with Gasteiger partial charge in [0.2, 0.25) is 10.0 Å². The van der Waals surface area contributed by atoms with E-state index in [4.69, 9.17) is 4.74 Å². The second-order valence-corrected chi connectivity index (χ2v) is 7.18. The first-order chi connectivity index (χ1) is 11.3. The second kappa shape index (κ2) is 7.35. The fourth-order valence-corrected chi connectivity index (χ4v) is 2.77. The van der Waals surface area contributed by atoms with Gasteiger partial charge in [-0.1, -0.05) is 18.2 Å². The highest BCUT2D eigenvalue weighted by molar-refractivity contribution is 7.92. The largest absolute Gasteiger partial charge is 0.497 e. The first-order valence-corrected chi connectivity index (χ1v) is 9.20. The molecule has 0 fully saturated rings. The second-order valence-electron chi connectivity index (χ2n) is 5.43. The van der Waals surface area contributed by atoms with Crippen molar-refractivity contribution in [1.29, 1.82) is 0 Å². The molecular weight excluding hydrogens is 328 g/mol. The highest BCUT2D eigenvalue weighted by atomic mass is 32.2. The summed E-state index contributed by atoms with van der Waals surface area (Å²) in [7, 11) is -1.80. The van der Waals surface area contributed by atoms with Crippen LogP contribution in [0.5, 0.6) is 5.75 Å². The number of amides is 1. The maximum Gasteiger partial charge on any atom is 0.251 e. The van der Waals surface area contributed by atoms with E-state index in [1.54, 1.807) is 49.6 Å². The first kappa shape index (κ1) is 17.8. The standard InChI is InChI=1S/C17H20N2O4S/c1-12(13-6-4-8-15(10-13)19-24(3,21)22)18-17(20)14-7-5-9-16(11-14)23-2/h4-12,19H,1-3H3,(H,18,20)/t12-/m1/s1. The van der Waals surface area contributed by atoms with E-state index >= 15 is 0 Å². The summed E-state index contributed by atoms with van der Waals surface area (Å²) in [6.45, 7) is 1.83. The van der Waals surface area contributed by atoms with Gasteiger partial charge in [0.25, 0.3) is 5.91 Å². The van der Waals surface area contributed by atoms with E-state index in [2.05, 4.69) is 10.0 Å². The molecule has 0 spiro atoms. The van der Waals surface area contributed by atoms with Crippen molar-refractivity contribution >= 4 is 21.6 Å². The Balaban J connectivity index is 2.12. The zero-order valence-corrected chi connectivity index (χ0v) is 14.6. The van der Waals surface area contributed by atoms with Gasteiger partial charge >= 0.3 is 0 Å². The zero-order valence-electron chi connectivity index (χ0n) is 13.7. The van der Waals surface area contributed by atoms with E-state index in [1.165, 1.54) is 0 Å². The van der Waals surface area contributed by atoms with Gasteiger partial charge in [-0.2, -0.15) is 0 Å². The van der Waals surface area contributed by atoms with Crippen molar-refractivity contribution < 1.29 is 17.9 Å². The van der Waals surface area contributed by atoms with Crippen LogP contribution in [0.2, 0.25) is 0 Å². The molecular formula is C17H20N2O4S. The molecule has 0 unspecified atom stereocenters. The third kappa shape index (κ3) is 4.99. The molecule has 0 aliphatic rings. The summed E-state index contributed by atoms with van der Waals surface area (Å²) < 4.78 is 30.2. The molecule has 2 N–H and O–H groups in total. The maximum absolute atomic E-state index is 12.3. The van der Waals surface area contributed by atoms with Crippen LogP contribution >= 0.6 is 0 Å². The third-order valence-corrected chi connectivity index (χ3v) is 3.98. The van der Waals surface area contributed by atoms with Crippen LogP contribution in [-0.2, 0) is 10.0 Å². The van der Waals surface area contributed by atoms with Crippen molar-refractivity contribution in [3.05, 3.63) is 59.7 Å². The van der Waals surface area contributed by atoms with Gasteiger partial charge in [0.1, 0.15) is 5.75 Å². The number of hydrogen-bond donors (Lipinski definition) is 2. The number of carbonyl (C=O) groups excluding carboxylic acids is 1. The van der Waals surface area contributed by atoms with E-state index in [0.29, 0.717) is 17.0 Å². The predicted octanol–water partition coefficient (Wildman–Crippen LogP) is 2.56. The molecule has 6 nitrogen and oxygen atoms in total. The van der Waals surface area contributed by atoms with Crippen LogP contribution in [0, 0.1) is 0 Å². The predicted molar refractivity (Wildman–Crippen MR) is 93.8 cm³/mol. The maximum atomic E-state index is 12.3.